The van der Waals surface area contributed by atoms with Crippen molar-refractivity contribution in [3.63, 3.8) is 0 Å². The first-order valence-electron chi connectivity index (χ1n) is 10.8. The van der Waals surface area contributed by atoms with E-state index in [9.17, 15) is 15.0 Å². The smallest absolute Gasteiger partial charge is 0.337 e. The number of aromatic hydroxyl groups is 1. The number of anilines is 1. The molecule has 3 rings (SSSR count). The van der Waals surface area contributed by atoms with Crippen molar-refractivity contribution in [1.29, 1.82) is 0 Å². The van der Waals surface area contributed by atoms with Crippen LogP contribution in [0.1, 0.15) is 64.8 Å². The van der Waals surface area contributed by atoms with Crippen LogP contribution < -0.4 is 4.90 Å². The zero-order valence-electron chi connectivity index (χ0n) is 19.4. The van der Waals surface area contributed by atoms with E-state index in [4.69, 9.17) is 4.74 Å². The SMILES string of the molecule is Cc1ncc(-c2ccc(O)cc2)c(N2CCC(C)(C)CC2)c1C(OC(C)(C)C)C(=O)O. The van der Waals surface area contributed by atoms with Crippen LogP contribution in [0.4, 0.5) is 5.69 Å². The molecule has 1 aliphatic rings. The lowest BCUT2D eigenvalue weighted by atomic mass is 9.82. The summed E-state index contributed by atoms with van der Waals surface area (Å²) in [6.45, 7) is 13.6. The average Bonchev–Trinajstić information content (AvgIpc) is 2.66. The number of carboxylic acids is 1. The van der Waals surface area contributed by atoms with Gasteiger partial charge < -0.3 is 19.8 Å². The van der Waals surface area contributed by atoms with Crippen LogP contribution in [0.5, 0.6) is 5.75 Å². The number of phenols is 1. The van der Waals surface area contributed by atoms with Crippen LogP contribution in [0.25, 0.3) is 11.1 Å². The van der Waals surface area contributed by atoms with E-state index in [2.05, 4.69) is 23.7 Å². The maximum absolute atomic E-state index is 12.4. The molecule has 0 radical (unpaired) electrons. The summed E-state index contributed by atoms with van der Waals surface area (Å²) in [5.41, 5.74) is 3.48. The molecule has 2 aromatic rings. The second-order valence-electron chi connectivity index (χ2n) is 10.2. The monoisotopic (exact) mass is 426 g/mol. The lowest BCUT2D eigenvalue weighted by molar-refractivity contribution is -0.160. The molecule has 0 spiro atoms. The van der Waals surface area contributed by atoms with Gasteiger partial charge in [0.2, 0.25) is 0 Å². The number of nitrogens with zero attached hydrogens (tertiary/aromatic N) is 2. The third-order valence-corrected chi connectivity index (χ3v) is 5.86. The van der Waals surface area contributed by atoms with E-state index in [0.29, 0.717) is 11.3 Å². The Labute approximate surface area is 184 Å². The Morgan fingerprint density at radius 1 is 1.16 bits per heavy atom. The van der Waals surface area contributed by atoms with Gasteiger partial charge in [0.25, 0.3) is 0 Å². The fourth-order valence-corrected chi connectivity index (χ4v) is 4.04. The van der Waals surface area contributed by atoms with Crippen molar-refractivity contribution < 1.29 is 19.7 Å². The Balaban J connectivity index is 2.22. The lowest BCUT2D eigenvalue weighted by Crippen LogP contribution is -2.39. The van der Waals surface area contributed by atoms with Gasteiger partial charge in [0.15, 0.2) is 6.10 Å². The highest BCUT2D eigenvalue weighted by Gasteiger charge is 2.35. The largest absolute Gasteiger partial charge is 0.508 e. The van der Waals surface area contributed by atoms with Crippen molar-refractivity contribution in [3.05, 3.63) is 41.7 Å². The van der Waals surface area contributed by atoms with Gasteiger partial charge in [0.05, 0.1) is 11.3 Å². The van der Waals surface area contributed by atoms with Crippen molar-refractivity contribution in [2.75, 3.05) is 18.0 Å². The molecule has 1 unspecified atom stereocenters. The summed E-state index contributed by atoms with van der Waals surface area (Å²) in [5, 5.41) is 19.9. The minimum absolute atomic E-state index is 0.185. The molecule has 31 heavy (non-hydrogen) atoms. The van der Waals surface area contributed by atoms with Crippen LogP contribution in [0.3, 0.4) is 0 Å². The first kappa shape index (κ1) is 23.1. The first-order valence-corrected chi connectivity index (χ1v) is 10.8. The average molecular weight is 427 g/mol. The molecule has 2 N–H and O–H groups in total. The highest BCUT2D eigenvalue weighted by Crippen LogP contribution is 2.43. The van der Waals surface area contributed by atoms with E-state index in [1.165, 1.54) is 0 Å². The predicted octanol–water partition coefficient (Wildman–Crippen LogP) is 5.33. The highest BCUT2D eigenvalue weighted by molar-refractivity contribution is 5.86. The third-order valence-electron chi connectivity index (χ3n) is 5.86. The Morgan fingerprint density at radius 2 is 1.74 bits per heavy atom. The topological polar surface area (TPSA) is 82.9 Å². The number of benzene rings is 1. The minimum Gasteiger partial charge on any atom is -0.508 e. The number of aryl methyl sites for hydroxylation is 1. The second kappa shape index (κ2) is 8.50. The van der Waals surface area contributed by atoms with Gasteiger partial charge in [0.1, 0.15) is 5.75 Å². The zero-order valence-corrected chi connectivity index (χ0v) is 19.4. The number of phenolic OH excluding ortho intramolecular Hbond substituents is 1. The van der Waals surface area contributed by atoms with Gasteiger partial charge in [-0.25, -0.2) is 4.79 Å². The van der Waals surface area contributed by atoms with Gasteiger partial charge in [-0.1, -0.05) is 26.0 Å². The molecule has 2 heterocycles. The molecule has 1 saturated heterocycles. The number of carbonyl (C=O) groups is 1. The van der Waals surface area contributed by atoms with Gasteiger partial charge in [-0.3, -0.25) is 4.98 Å². The molecule has 0 aliphatic carbocycles. The van der Waals surface area contributed by atoms with E-state index in [1.807, 2.05) is 39.8 Å². The molecule has 1 atom stereocenters. The molecule has 1 fully saturated rings. The summed E-state index contributed by atoms with van der Waals surface area (Å²) in [4.78, 5) is 19.2. The molecule has 1 aliphatic heterocycles. The third kappa shape index (κ3) is 5.37. The molecular formula is C25H34N2O4. The normalized spacial score (nSPS) is 17.4. The number of ether oxygens (including phenoxy) is 1. The number of pyridine rings is 1. The maximum Gasteiger partial charge on any atom is 0.337 e. The number of piperidine rings is 1. The van der Waals surface area contributed by atoms with Crippen molar-refractivity contribution in [3.8, 4) is 16.9 Å². The summed E-state index contributed by atoms with van der Waals surface area (Å²) in [5.74, 6) is -0.842. The summed E-state index contributed by atoms with van der Waals surface area (Å²) >= 11 is 0. The molecule has 0 amide bonds. The van der Waals surface area contributed by atoms with Crippen LogP contribution in [0.15, 0.2) is 30.5 Å². The molecule has 1 aromatic carbocycles. The van der Waals surface area contributed by atoms with Crippen molar-refractivity contribution in [2.45, 2.75) is 66.1 Å². The number of rotatable bonds is 5. The van der Waals surface area contributed by atoms with Crippen LogP contribution in [0, 0.1) is 12.3 Å². The van der Waals surface area contributed by atoms with Gasteiger partial charge >= 0.3 is 5.97 Å². The number of hydrogen-bond donors (Lipinski definition) is 2. The molecule has 1 aromatic heterocycles. The number of carboxylic acid groups (broad SMARTS) is 1. The molecular weight excluding hydrogens is 392 g/mol. The maximum atomic E-state index is 12.4. The molecule has 6 heteroatoms. The number of aromatic nitrogens is 1. The fraction of sp³-hybridized carbons (Fsp3) is 0.520. The standard InChI is InChI=1S/C25H34N2O4/c1-16-20(22(23(29)30)31-24(2,3)4)21(27-13-11-25(5,6)12-14-27)19(15-26-16)17-7-9-18(28)10-8-17/h7-10,15,22,28H,11-14H2,1-6H3,(H,29,30). The Morgan fingerprint density at radius 3 is 2.26 bits per heavy atom. The van der Waals surface area contributed by atoms with E-state index in [1.54, 1.807) is 18.3 Å². The van der Waals surface area contributed by atoms with Crippen LogP contribution in [-0.2, 0) is 9.53 Å². The molecule has 168 valence electrons. The van der Waals surface area contributed by atoms with Crippen LogP contribution >= 0.6 is 0 Å². The zero-order chi connectivity index (χ0) is 23.0. The van der Waals surface area contributed by atoms with Crippen LogP contribution in [-0.4, -0.2) is 39.9 Å². The molecule has 6 nitrogen and oxygen atoms in total. The van der Waals surface area contributed by atoms with E-state index >= 15 is 0 Å². The van der Waals surface area contributed by atoms with Crippen LogP contribution in [0.2, 0.25) is 0 Å². The Hall–Kier alpha value is -2.60. The molecule has 0 bridgehead atoms. The summed E-state index contributed by atoms with van der Waals surface area (Å²) < 4.78 is 6.04. The van der Waals surface area contributed by atoms with Gasteiger partial charge in [-0.05, 0) is 63.6 Å². The summed E-state index contributed by atoms with van der Waals surface area (Å²) in [6.07, 6.45) is 2.70. The number of hydrogen-bond acceptors (Lipinski definition) is 5. The lowest BCUT2D eigenvalue weighted by Gasteiger charge is -2.41. The fourth-order valence-electron chi connectivity index (χ4n) is 4.04. The Bertz CT molecular complexity index is 935. The van der Waals surface area contributed by atoms with Crippen molar-refractivity contribution >= 4 is 11.7 Å². The van der Waals surface area contributed by atoms with Crippen molar-refractivity contribution in [2.24, 2.45) is 5.41 Å². The summed E-state index contributed by atoms with van der Waals surface area (Å²) in [6, 6.07) is 6.95. The molecule has 0 saturated carbocycles. The minimum atomic E-state index is -1.13. The summed E-state index contributed by atoms with van der Waals surface area (Å²) in [7, 11) is 0. The van der Waals surface area contributed by atoms with E-state index < -0.39 is 17.7 Å². The van der Waals surface area contributed by atoms with E-state index in [-0.39, 0.29) is 11.2 Å². The number of aliphatic carboxylic acids is 1. The Kier molecular flexibility index (Phi) is 6.33. The van der Waals surface area contributed by atoms with Gasteiger partial charge in [-0.15, -0.1) is 0 Å². The second-order valence-corrected chi connectivity index (χ2v) is 10.2. The van der Waals surface area contributed by atoms with E-state index in [0.717, 1.165) is 42.7 Å². The van der Waals surface area contributed by atoms with Crippen molar-refractivity contribution in [1.82, 2.24) is 4.98 Å². The predicted molar refractivity (Wildman–Crippen MR) is 123 cm³/mol. The van der Waals surface area contributed by atoms with Gasteiger partial charge in [0, 0.05) is 36.1 Å². The van der Waals surface area contributed by atoms with Gasteiger partial charge in [-0.2, -0.15) is 0 Å². The quantitative estimate of drug-likeness (QED) is 0.672. The highest BCUT2D eigenvalue weighted by atomic mass is 16.5. The first-order chi connectivity index (χ1) is 14.4.